The van der Waals surface area contributed by atoms with Gasteiger partial charge in [-0.15, -0.1) is 0 Å². The summed E-state index contributed by atoms with van der Waals surface area (Å²) in [5.74, 6) is -0.513. The van der Waals surface area contributed by atoms with Crippen molar-refractivity contribution in [3.05, 3.63) is 58.2 Å². The molecule has 1 N–H and O–H groups in total. The molecular weight excluding hydrogens is 477 g/mol. The molecule has 2 saturated heterocycles. The second-order valence-corrected chi connectivity index (χ2v) is 9.56. The van der Waals surface area contributed by atoms with Gasteiger partial charge >= 0.3 is 6.09 Å². The first-order valence-electron chi connectivity index (χ1n) is 11.0. The van der Waals surface area contributed by atoms with E-state index in [1.54, 1.807) is 23.2 Å². The van der Waals surface area contributed by atoms with Crippen LogP contribution in [0.3, 0.4) is 0 Å². The van der Waals surface area contributed by atoms with E-state index in [-0.39, 0.29) is 18.4 Å². The molecule has 2 fully saturated rings. The molecular formula is C24H25Cl2N5O3. The van der Waals surface area contributed by atoms with Gasteiger partial charge in [0.2, 0.25) is 5.91 Å². The number of hydrogen-bond donors (Lipinski definition) is 1. The van der Waals surface area contributed by atoms with Gasteiger partial charge in [0.15, 0.2) is 0 Å². The van der Waals surface area contributed by atoms with Gasteiger partial charge < -0.3 is 19.8 Å². The monoisotopic (exact) mass is 501 g/mol. The Hall–Kier alpha value is -3.02. The van der Waals surface area contributed by atoms with Crippen LogP contribution in [0.2, 0.25) is 10.0 Å². The van der Waals surface area contributed by atoms with Crippen molar-refractivity contribution >= 4 is 41.0 Å². The number of nitriles is 1. The van der Waals surface area contributed by atoms with Crippen LogP contribution < -0.4 is 4.90 Å². The highest BCUT2D eigenvalue weighted by Crippen LogP contribution is 2.36. The molecule has 4 rings (SSSR count). The number of nitrogens with zero attached hydrogens (tertiary/aromatic N) is 5. The average Bonchev–Trinajstić information content (AvgIpc) is 3.30. The highest BCUT2D eigenvalue weighted by Gasteiger charge is 2.44. The number of amides is 2. The highest BCUT2D eigenvalue weighted by molar-refractivity contribution is 6.42. The zero-order chi connectivity index (χ0) is 24.4. The fourth-order valence-electron chi connectivity index (χ4n) is 4.93. The third kappa shape index (κ3) is 4.77. The molecule has 2 aliphatic rings. The molecule has 1 aromatic carbocycles. The summed E-state index contributed by atoms with van der Waals surface area (Å²) in [7, 11) is 1.51. The molecule has 2 amide bonds. The van der Waals surface area contributed by atoms with Crippen molar-refractivity contribution in [2.75, 3.05) is 38.1 Å². The van der Waals surface area contributed by atoms with Crippen LogP contribution in [-0.4, -0.2) is 71.2 Å². The number of piperidine rings is 1. The Bertz CT molecular complexity index is 1110. The average molecular weight is 502 g/mol. The van der Waals surface area contributed by atoms with E-state index in [1.165, 1.54) is 11.9 Å². The fraction of sp³-hybridized carbons (Fsp3) is 0.417. The number of halogens is 2. The lowest BCUT2D eigenvalue weighted by molar-refractivity contribution is -0.136. The molecule has 0 saturated carbocycles. The Kier molecular flexibility index (Phi) is 7.15. The van der Waals surface area contributed by atoms with E-state index in [4.69, 9.17) is 23.2 Å². The van der Waals surface area contributed by atoms with Crippen LogP contribution in [0.25, 0.3) is 0 Å². The first kappa shape index (κ1) is 24.1. The van der Waals surface area contributed by atoms with Gasteiger partial charge in [-0.2, -0.15) is 5.26 Å². The van der Waals surface area contributed by atoms with Crippen molar-refractivity contribution in [3.8, 4) is 6.07 Å². The van der Waals surface area contributed by atoms with Crippen molar-refractivity contribution < 1.29 is 14.7 Å². The molecule has 0 bridgehead atoms. The third-order valence-corrected chi connectivity index (χ3v) is 7.58. The molecule has 2 aliphatic heterocycles. The van der Waals surface area contributed by atoms with Crippen LogP contribution in [0.4, 0.5) is 10.6 Å². The second-order valence-electron chi connectivity index (χ2n) is 8.75. The van der Waals surface area contributed by atoms with Gasteiger partial charge in [0.05, 0.1) is 34.0 Å². The van der Waals surface area contributed by atoms with Gasteiger partial charge in [-0.1, -0.05) is 35.3 Å². The zero-order valence-corrected chi connectivity index (χ0v) is 20.2. The van der Waals surface area contributed by atoms with Gasteiger partial charge in [0.1, 0.15) is 5.82 Å². The van der Waals surface area contributed by atoms with Crippen LogP contribution in [-0.2, 0) is 4.79 Å². The standard InChI is InChI=1S/C24H25Cl2N5O3/c1-29(24(33)34)21-14-31(13-18(21)15-5-6-19(25)20(26)10-15)23(32)17-7-9-30(12-16(17)11-27)22-4-2-3-8-28-22/h2-6,8,10,16-18,21H,7,9,12-14H2,1H3,(H,33,34)/t16?,17?,18-,21+/m0/s1. The first-order valence-corrected chi connectivity index (χ1v) is 11.8. The molecule has 2 aromatic rings. The predicted molar refractivity (Wildman–Crippen MR) is 129 cm³/mol. The number of benzene rings is 1. The molecule has 0 spiro atoms. The molecule has 3 heterocycles. The van der Waals surface area contributed by atoms with Crippen molar-refractivity contribution in [2.24, 2.45) is 11.8 Å². The Morgan fingerprint density at radius 1 is 1.18 bits per heavy atom. The van der Waals surface area contributed by atoms with Crippen LogP contribution in [0.15, 0.2) is 42.6 Å². The Balaban J connectivity index is 1.54. The number of carboxylic acid groups (broad SMARTS) is 1. The maximum absolute atomic E-state index is 13.6. The van der Waals surface area contributed by atoms with Gasteiger partial charge in [-0.05, 0) is 36.2 Å². The molecule has 0 radical (unpaired) electrons. The number of hydrogen-bond acceptors (Lipinski definition) is 5. The lowest BCUT2D eigenvalue weighted by Crippen LogP contribution is -2.48. The van der Waals surface area contributed by atoms with Gasteiger partial charge in [-0.25, -0.2) is 9.78 Å². The van der Waals surface area contributed by atoms with Gasteiger partial charge in [0.25, 0.3) is 0 Å². The maximum Gasteiger partial charge on any atom is 0.407 e. The number of anilines is 1. The summed E-state index contributed by atoms with van der Waals surface area (Å²) < 4.78 is 0. The topological polar surface area (TPSA) is 101 Å². The fourth-order valence-corrected chi connectivity index (χ4v) is 5.24. The summed E-state index contributed by atoms with van der Waals surface area (Å²) in [4.78, 5) is 34.7. The van der Waals surface area contributed by atoms with Crippen LogP contribution in [0.5, 0.6) is 0 Å². The van der Waals surface area contributed by atoms with Crippen LogP contribution in [0.1, 0.15) is 17.9 Å². The summed E-state index contributed by atoms with van der Waals surface area (Å²) in [6.45, 7) is 1.64. The number of pyridine rings is 1. The summed E-state index contributed by atoms with van der Waals surface area (Å²) in [6, 6.07) is 12.7. The van der Waals surface area contributed by atoms with Crippen molar-refractivity contribution in [1.29, 1.82) is 5.26 Å². The summed E-state index contributed by atoms with van der Waals surface area (Å²) in [5.41, 5.74) is 0.824. The SMILES string of the molecule is CN(C(=O)O)[C@@H]1CN(C(=O)C2CCN(c3ccccn3)CC2C#N)C[C@H]1c1ccc(Cl)c(Cl)c1. The third-order valence-electron chi connectivity index (χ3n) is 6.84. The quantitative estimate of drug-likeness (QED) is 0.680. The molecule has 1 aromatic heterocycles. The van der Waals surface area contributed by atoms with E-state index in [0.717, 1.165) is 11.4 Å². The molecule has 4 atom stereocenters. The number of rotatable bonds is 4. The van der Waals surface area contributed by atoms with Gasteiger partial charge in [-0.3, -0.25) is 4.79 Å². The Morgan fingerprint density at radius 2 is 1.97 bits per heavy atom. The lowest BCUT2D eigenvalue weighted by atomic mass is 9.85. The van der Waals surface area contributed by atoms with Crippen molar-refractivity contribution in [1.82, 2.24) is 14.8 Å². The smallest absolute Gasteiger partial charge is 0.407 e. The van der Waals surface area contributed by atoms with Crippen LogP contribution >= 0.6 is 23.2 Å². The zero-order valence-electron chi connectivity index (χ0n) is 18.6. The molecule has 34 heavy (non-hydrogen) atoms. The van der Waals surface area contributed by atoms with Crippen LogP contribution in [0, 0.1) is 23.2 Å². The van der Waals surface area contributed by atoms with Crippen molar-refractivity contribution in [2.45, 2.75) is 18.4 Å². The molecule has 10 heteroatoms. The normalized spacial score (nSPS) is 24.5. The Labute approximate surface area is 208 Å². The highest BCUT2D eigenvalue weighted by atomic mass is 35.5. The van der Waals surface area contributed by atoms with E-state index >= 15 is 0 Å². The second kappa shape index (κ2) is 10.1. The predicted octanol–water partition coefficient (Wildman–Crippen LogP) is 3.96. The van der Waals surface area contributed by atoms with E-state index < -0.39 is 24.0 Å². The number of likely N-dealkylation sites (N-methyl/N-ethyl adjacent to an activating group) is 1. The van der Waals surface area contributed by atoms with E-state index in [9.17, 15) is 20.0 Å². The molecule has 2 unspecified atom stereocenters. The Morgan fingerprint density at radius 3 is 2.62 bits per heavy atom. The molecule has 178 valence electrons. The summed E-state index contributed by atoms with van der Waals surface area (Å²) in [6.07, 6.45) is 1.17. The molecule has 8 nitrogen and oxygen atoms in total. The van der Waals surface area contributed by atoms with E-state index in [2.05, 4.69) is 11.1 Å². The summed E-state index contributed by atoms with van der Waals surface area (Å²) >= 11 is 12.3. The molecule has 0 aliphatic carbocycles. The van der Waals surface area contributed by atoms with E-state index in [0.29, 0.717) is 36.1 Å². The number of carbonyl (C=O) groups is 2. The lowest BCUT2D eigenvalue weighted by Gasteiger charge is -2.37. The van der Waals surface area contributed by atoms with Crippen molar-refractivity contribution in [3.63, 3.8) is 0 Å². The minimum absolute atomic E-state index is 0.112. The minimum atomic E-state index is -1.07. The largest absolute Gasteiger partial charge is 0.465 e. The minimum Gasteiger partial charge on any atom is -0.465 e. The number of aromatic nitrogens is 1. The number of carbonyl (C=O) groups excluding carboxylic acids is 1. The first-order chi connectivity index (χ1) is 16.3. The van der Waals surface area contributed by atoms with Gasteiger partial charge in [0, 0.05) is 45.3 Å². The van der Waals surface area contributed by atoms with E-state index in [1.807, 2.05) is 29.2 Å². The maximum atomic E-state index is 13.6. The number of likely N-dealkylation sites (tertiary alicyclic amines) is 1. The summed E-state index contributed by atoms with van der Waals surface area (Å²) in [5, 5.41) is 20.2.